The fraction of sp³-hybridized carbons (Fsp3) is 0.889. The number of Topliss-reactive ketones (excluding diaryl/α,β-unsaturated/α-hetero) is 1. The largest absolute Gasteiger partial charge is 0.463 e. The highest BCUT2D eigenvalue weighted by molar-refractivity contribution is 5.83. The van der Waals surface area contributed by atoms with Crippen LogP contribution >= 0.6 is 0 Å². The zero-order valence-electron chi connectivity index (χ0n) is 15.7. The minimum absolute atomic E-state index is 0.0484. The molecule has 0 bridgehead atoms. The van der Waals surface area contributed by atoms with Gasteiger partial charge in [0, 0.05) is 12.8 Å². The molecule has 26 heavy (non-hydrogen) atoms. The maximum absolute atomic E-state index is 11.8. The summed E-state index contributed by atoms with van der Waals surface area (Å²) in [6.07, 6.45) is -4.38. The Kier molecular flexibility index (Phi) is 13.5. The molecule has 1 unspecified atom stereocenters. The van der Waals surface area contributed by atoms with Crippen LogP contribution in [-0.2, 0) is 14.3 Å². The van der Waals surface area contributed by atoms with E-state index in [1.54, 1.807) is 0 Å². The van der Waals surface area contributed by atoms with Crippen LogP contribution in [0.15, 0.2) is 0 Å². The summed E-state index contributed by atoms with van der Waals surface area (Å²) in [4.78, 5) is 23.2. The molecular weight excluding hydrogens is 344 g/mol. The maximum Gasteiger partial charge on any atom is 0.305 e. The molecule has 0 saturated heterocycles. The van der Waals surface area contributed by atoms with E-state index in [1.165, 1.54) is 0 Å². The summed E-state index contributed by atoms with van der Waals surface area (Å²) >= 11 is 0. The number of aliphatic hydroxyl groups is 5. The van der Waals surface area contributed by atoms with Gasteiger partial charge in [-0.1, -0.05) is 39.5 Å². The van der Waals surface area contributed by atoms with Gasteiger partial charge < -0.3 is 30.3 Å². The van der Waals surface area contributed by atoms with Crippen molar-refractivity contribution in [1.82, 2.24) is 0 Å². The van der Waals surface area contributed by atoms with Crippen molar-refractivity contribution in [2.45, 2.75) is 95.7 Å². The van der Waals surface area contributed by atoms with E-state index in [0.29, 0.717) is 12.8 Å². The predicted octanol–water partition coefficient (Wildman–Crippen LogP) is 0.0638. The molecule has 0 aliphatic carbocycles. The zero-order chi connectivity index (χ0) is 20.1. The van der Waals surface area contributed by atoms with Crippen molar-refractivity contribution in [2.75, 3.05) is 6.61 Å². The van der Waals surface area contributed by atoms with Crippen LogP contribution in [0, 0.1) is 0 Å². The van der Waals surface area contributed by atoms with Crippen LogP contribution in [0.1, 0.15) is 65.2 Å². The van der Waals surface area contributed by atoms with Gasteiger partial charge in [-0.05, 0) is 12.8 Å². The van der Waals surface area contributed by atoms with E-state index in [1.807, 2.05) is 13.8 Å². The Bertz CT molecular complexity index is 401. The van der Waals surface area contributed by atoms with E-state index in [4.69, 9.17) is 4.74 Å². The third-order valence-corrected chi connectivity index (χ3v) is 4.17. The topological polar surface area (TPSA) is 145 Å². The lowest BCUT2D eigenvalue weighted by molar-refractivity contribution is -0.163. The van der Waals surface area contributed by atoms with E-state index in [9.17, 15) is 35.1 Å². The molecule has 0 aromatic carbocycles. The highest BCUT2D eigenvalue weighted by atomic mass is 16.5. The highest BCUT2D eigenvalue weighted by Gasteiger charge is 2.37. The maximum atomic E-state index is 11.8. The Hall–Kier alpha value is -1.06. The van der Waals surface area contributed by atoms with Crippen molar-refractivity contribution < 1.29 is 39.9 Å². The number of rotatable bonds is 15. The van der Waals surface area contributed by atoms with Crippen LogP contribution < -0.4 is 0 Å². The quantitative estimate of drug-likeness (QED) is 0.199. The molecule has 0 saturated carbocycles. The summed E-state index contributed by atoms with van der Waals surface area (Å²) in [5.74, 6) is -1.18. The molecule has 0 heterocycles. The second-order valence-electron chi connectivity index (χ2n) is 6.55. The lowest BCUT2D eigenvalue weighted by Gasteiger charge is -2.28. The Morgan fingerprint density at radius 3 is 1.85 bits per heavy atom. The summed E-state index contributed by atoms with van der Waals surface area (Å²) in [6, 6.07) is 0. The fourth-order valence-electron chi connectivity index (χ4n) is 2.37. The second-order valence-corrected chi connectivity index (χ2v) is 6.55. The van der Waals surface area contributed by atoms with E-state index in [2.05, 4.69) is 0 Å². The van der Waals surface area contributed by atoms with Gasteiger partial charge in [0.05, 0.1) is 0 Å². The number of hydrogen-bond donors (Lipinski definition) is 5. The van der Waals surface area contributed by atoms with Crippen molar-refractivity contribution >= 4 is 11.8 Å². The summed E-state index contributed by atoms with van der Waals surface area (Å²) < 4.78 is 4.80. The van der Waals surface area contributed by atoms with Gasteiger partial charge in [0.1, 0.15) is 37.1 Å². The molecule has 0 aromatic heterocycles. The average Bonchev–Trinajstić information content (AvgIpc) is 2.63. The highest BCUT2D eigenvalue weighted by Crippen LogP contribution is 2.13. The second kappa shape index (κ2) is 14.1. The third-order valence-electron chi connectivity index (χ3n) is 4.17. The lowest BCUT2D eigenvalue weighted by atomic mass is 9.95. The van der Waals surface area contributed by atoms with Gasteiger partial charge in [-0.3, -0.25) is 9.59 Å². The van der Waals surface area contributed by atoms with Crippen molar-refractivity contribution in [3.05, 3.63) is 0 Å². The Morgan fingerprint density at radius 1 is 0.769 bits per heavy atom. The molecule has 0 amide bonds. The number of ketones is 1. The van der Waals surface area contributed by atoms with E-state index in [0.717, 1.165) is 25.7 Å². The Balaban J connectivity index is 4.37. The van der Waals surface area contributed by atoms with Crippen LogP contribution in [0.3, 0.4) is 0 Å². The number of carbonyl (C=O) groups excluding carboxylic acids is 2. The van der Waals surface area contributed by atoms with Crippen LogP contribution in [0.2, 0.25) is 0 Å². The third kappa shape index (κ3) is 9.59. The van der Waals surface area contributed by atoms with Crippen LogP contribution in [0.4, 0.5) is 0 Å². The molecule has 5 N–H and O–H groups in total. The first kappa shape index (κ1) is 24.9. The molecule has 0 radical (unpaired) electrons. The number of ether oxygens (including phenoxy) is 1. The van der Waals surface area contributed by atoms with Crippen molar-refractivity contribution in [2.24, 2.45) is 0 Å². The first-order chi connectivity index (χ1) is 12.3. The monoisotopic (exact) mass is 378 g/mol. The van der Waals surface area contributed by atoms with Crippen molar-refractivity contribution in [3.8, 4) is 0 Å². The molecule has 0 spiro atoms. The van der Waals surface area contributed by atoms with Crippen molar-refractivity contribution in [1.29, 1.82) is 0 Å². The molecule has 8 nitrogen and oxygen atoms in total. The first-order valence-corrected chi connectivity index (χ1v) is 9.34. The summed E-state index contributed by atoms with van der Waals surface area (Å²) in [5.41, 5.74) is 0. The summed E-state index contributed by atoms with van der Waals surface area (Å²) in [6.45, 7) is 3.38. The Morgan fingerprint density at radius 2 is 1.31 bits per heavy atom. The Labute approximate surface area is 154 Å². The minimum atomic E-state index is -1.96. The first-order valence-electron chi connectivity index (χ1n) is 9.34. The molecular formula is C18H34O8. The SMILES string of the molecule is CCCCCC(=O)OC[C@H](O)[C@H](O)[C@@H](O)[C@H](O)C(O)C(=O)CCCCC. The van der Waals surface area contributed by atoms with Gasteiger partial charge >= 0.3 is 5.97 Å². The summed E-state index contributed by atoms with van der Waals surface area (Å²) in [5, 5.41) is 49.2. The van der Waals surface area contributed by atoms with Crippen LogP contribution in [0.25, 0.3) is 0 Å². The number of esters is 1. The summed E-state index contributed by atoms with van der Waals surface area (Å²) in [7, 11) is 0. The molecule has 0 aliphatic heterocycles. The number of aliphatic hydroxyl groups excluding tert-OH is 5. The normalized spacial score (nSPS) is 17.2. The average molecular weight is 378 g/mol. The van der Waals surface area contributed by atoms with Gasteiger partial charge in [0.2, 0.25) is 0 Å². The smallest absolute Gasteiger partial charge is 0.305 e. The van der Waals surface area contributed by atoms with Gasteiger partial charge in [-0.15, -0.1) is 0 Å². The van der Waals surface area contributed by atoms with Crippen molar-refractivity contribution in [3.63, 3.8) is 0 Å². The van der Waals surface area contributed by atoms with Crippen LogP contribution in [-0.4, -0.2) is 74.4 Å². The van der Waals surface area contributed by atoms with Gasteiger partial charge in [-0.25, -0.2) is 0 Å². The number of unbranched alkanes of at least 4 members (excludes halogenated alkanes) is 4. The van der Waals surface area contributed by atoms with Gasteiger partial charge in [-0.2, -0.15) is 0 Å². The molecule has 8 heteroatoms. The van der Waals surface area contributed by atoms with Crippen LogP contribution in [0.5, 0.6) is 0 Å². The number of carbonyl (C=O) groups is 2. The molecule has 0 fully saturated rings. The van der Waals surface area contributed by atoms with E-state index < -0.39 is 48.9 Å². The van der Waals surface area contributed by atoms with E-state index in [-0.39, 0.29) is 12.8 Å². The fourth-order valence-corrected chi connectivity index (χ4v) is 2.37. The molecule has 154 valence electrons. The standard InChI is InChI=1S/C18H34O8/c1-3-5-7-9-12(19)15(22)17(24)18(25)16(23)13(20)11-26-14(21)10-8-6-4-2/h13,15-18,20,22-25H,3-11H2,1-2H3/t13-,15?,16-,17+,18+/m0/s1. The van der Waals surface area contributed by atoms with E-state index >= 15 is 0 Å². The van der Waals surface area contributed by atoms with Gasteiger partial charge in [0.15, 0.2) is 5.78 Å². The van der Waals surface area contributed by atoms with Gasteiger partial charge in [0.25, 0.3) is 0 Å². The lowest BCUT2D eigenvalue weighted by Crippen LogP contribution is -2.52. The zero-order valence-corrected chi connectivity index (χ0v) is 15.7. The molecule has 0 aromatic rings. The minimum Gasteiger partial charge on any atom is -0.463 e. The molecule has 0 aliphatic rings. The molecule has 5 atom stereocenters. The number of hydrogen-bond acceptors (Lipinski definition) is 8. The predicted molar refractivity (Wildman–Crippen MR) is 94.3 cm³/mol. The molecule has 0 rings (SSSR count).